The van der Waals surface area contributed by atoms with E-state index in [0.29, 0.717) is 0 Å². The average Bonchev–Trinajstić information content (AvgIpc) is 2.38. The van der Waals surface area contributed by atoms with Crippen molar-refractivity contribution in [3.05, 3.63) is 18.1 Å². The summed E-state index contributed by atoms with van der Waals surface area (Å²) < 4.78 is 0. The van der Waals surface area contributed by atoms with E-state index in [2.05, 4.69) is 9.97 Å². The van der Waals surface area contributed by atoms with E-state index >= 15 is 0 Å². The quantitative estimate of drug-likeness (QED) is 0.883. The number of hydrogen-bond acceptors (Lipinski definition) is 4. The molecule has 2 atom stereocenters. The fourth-order valence-electron chi connectivity index (χ4n) is 2.56. The Kier molecular flexibility index (Phi) is 3.79. The smallest absolute Gasteiger partial charge is 0.326 e. The lowest BCUT2D eigenvalue weighted by atomic mass is 9.91. The molecule has 0 bridgehead atoms. The van der Waals surface area contributed by atoms with Crippen LogP contribution < -0.4 is 4.90 Å². The van der Waals surface area contributed by atoms with Crippen molar-refractivity contribution in [3.63, 3.8) is 0 Å². The van der Waals surface area contributed by atoms with Crippen LogP contribution in [0.25, 0.3) is 0 Å². The molecule has 1 saturated heterocycles. The number of anilines is 1. The zero-order valence-corrected chi connectivity index (χ0v) is 10.8. The maximum atomic E-state index is 11.4. The molecule has 0 saturated carbocycles. The van der Waals surface area contributed by atoms with Gasteiger partial charge < -0.3 is 10.0 Å². The molecular formula is C13H19N3O2. The Morgan fingerprint density at radius 1 is 1.56 bits per heavy atom. The summed E-state index contributed by atoms with van der Waals surface area (Å²) in [4.78, 5) is 21.7. The molecule has 1 fully saturated rings. The van der Waals surface area contributed by atoms with Crippen LogP contribution in [0.15, 0.2) is 12.4 Å². The Bertz CT molecular complexity index is 436. The van der Waals surface area contributed by atoms with Crippen LogP contribution in [-0.2, 0) is 11.2 Å². The van der Waals surface area contributed by atoms with Gasteiger partial charge in [-0.05, 0) is 25.2 Å². The van der Waals surface area contributed by atoms with Gasteiger partial charge in [-0.25, -0.2) is 14.8 Å². The van der Waals surface area contributed by atoms with Gasteiger partial charge in [-0.3, -0.25) is 0 Å². The van der Waals surface area contributed by atoms with E-state index in [0.717, 1.165) is 37.3 Å². The third-order valence-corrected chi connectivity index (χ3v) is 3.55. The normalized spacial score (nSPS) is 24.0. The summed E-state index contributed by atoms with van der Waals surface area (Å²) in [6.07, 6.45) is 4.32. The van der Waals surface area contributed by atoms with Crippen molar-refractivity contribution < 1.29 is 9.90 Å². The van der Waals surface area contributed by atoms with E-state index in [-0.39, 0.29) is 5.92 Å². The Hall–Kier alpha value is -1.65. The molecule has 5 nitrogen and oxygen atoms in total. The molecule has 1 aliphatic heterocycles. The van der Waals surface area contributed by atoms with Gasteiger partial charge in [-0.1, -0.05) is 13.8 Å². The zero-order chi connectivity index (χ0) is 13.1. The lowest BCUT2D eigenvalue weighted by molar-refractivity contribution is -0.140. The molecule has 0 aliphatic carbocycles. The van der Waals surface area contributed by atoms with Crippen LogP contribution in [0.3, 0.4) is 0 Å². The van der Waals surface area contributed by atoms with Gasteiger partial charge >= 0.3 is 5.97 Å². The zero-order valence-electron chi connectivity index (χ0n) is 10.8. The van der Waals surface area contributed by atoms with E-state index < -0.39 is 12.0 Å². The second kappa shape index (κ2) is 5.33. The summed E-state index contributed by atoms with van der Waals surface area (Å²) in [5.41, 5.74) is 0.947. The SMILES string of the molecule is CCc1cc(N2CCCC(C)C2C(=O)O)ncn1. The van der Waals surface area contributed by atoms with E-state index in [4.69, 9.17) is 0 Å². The molecule has 1 aliphatic rings. The fourth-order valence-corrected chi connectivity index (χ4v) is 2.56. The minimum atomic E-state index is -0.765. The molecule has 1 aromatic rings. The molecule has 1 aromatic heterocycles. The highest BCUT2D eigenvalue weighted by atomic mass is 16.4. The first-order valence-electron chi connectivity index (χ1n) is 6.43. The second-order valence-corrected chi connectivity index (χ2v) is 4.82. The number of aryl methyl sites for hydroxylation is 1. The monoisotopic (exact) mass is 249 g/mol. The molecule has 0 amide bonds. The summed E-state index contributed by atoms with van der Waals surface area (Å²) in [5.74, 6) is 0.121. The van der Waals surface area contributed by atoms with Gasteiger partial charge in [0.25, 0.3) is 0 Å². The number of aliphatic carboxylic acids is 1. The number of aromatic nitrogens is 2. The Balaban J connectivity index is 2.31. The van der Waals surface area contributed by atoms with Crippen molar-refractivity contribution in [1.29, 1.82) is 0 Å². The van der Waals surface area contributed by atoms with Crippen LogP contribution in [-0.4, -0.2) is 33.6 Å². The van der Waals surface area contributed by atoms with Crippen LogP contribution in [0.5, 0.6) is 0 Å². The van der Waals surface area contributed by atoms with E-state index in [1.54, 1.807) is 0 Å². The summed E-state index contributed by atoms with van der Waals surface area (Å²) in [7, 11) is 0. The van der Waals surface area contributed by atoms with Gasteiger partial charge in [0.05, 0.1) is 0 Å². The molecule has 0 radical (unpaired) electrons. The van der Waals surface area contributed by atoms with Gasteiger partial charge in [-0.15, -0.1) is 0 Å². The minimum Gasteiger partial charge on any atom is -0.480 e. The molecule has 0 spiro atoms. The molecular weight excluding hydrogens is 230 g/mol. The van der Waals surface area contributed by atoms with Crippen molar-refractivity contribution in [1.82, 2.24) is 9.97 Å². The molecule has 18 heavy (non-hydrogen) atoms. The van der Waals surface area contributed by atoms with Gasteiger partial charge in [0, 0.05) is 18.3 Å². The predicted molar refractivity (Wildman–Crippen MR) is 68.6 cm³/mol. The number of carbonyl (C=O) groups is 1. The summed E-state index contributed by atoms with van der Waals surface area (Å²) in [5, 5.41) is 9.38. The number of hydrogen-bond donors (Lipinski definition) is 1. The van der Waals surface area contributed by atoms with Gasteiger partial charge in [0.15, 0.2) is 0 Å². The average molecular weight is 249 g/mol. The van der Waals surface area contributed by atoms with Crippen LogP contribution >= 0.6 is 0 Å². The highest BCUT2D eigenvalue weighted by Crippen LogP contribution is 2.27. The molecule has 2 heterocycles. The van der Waals surface area contributed by atoms with Gasteiger partial charge in [0.2, 0.25) is 0 Å². The topological polar surface area (TPSA) is 66.3 Å². The van der Waals surface area contributed by atoms with E-state index in [1.165, 1.54) is 6.33 Å². The Labute approximate surface area is 107 Å². The van der Waals surface area contributed by atoms with Crippen LogP contribution in [0.1, 0.15) is 32.4 Å². The molecule has 2 rings (SSSR count). The van der Waals surface area contributed by atoms with Crippen LogP contribution in [0.4, 0.5) is 5.82 Å². The van der Waals surface area contributed by atoms with Crippen molar-refractivity contribution in [2.24, 2.45) is 5.92 Å². The third-order valence-electron chi connectivity index (χ3n) is 3.55. The minimum absolute atomic E-state index is 0.149. The molecule has 1 N–H and O–H groups in total. The van der Waals surface area contributed by atoms with E-state index in [1.807, 2.05) is 24.8 Å². The van der Waals surface area contributed by atoms with Crippen LogP contribution in [0, 0.1) is 5.92 Å². The van der Waals surface area contributed by atoms with Crippen molar-refractivity contribution >= 4 is 11.8 Å². The highest BCUT2D eigenvalue weighted by Gasteiger charge is 2.34. The molecule has 98 valence electrons. The maximum Gasteiger partial charge on any atom is 0.326 e. The molecule has 2 unspecified atom stereocenters. The largest absolute Gasteiger partial charge is 0.480 e. The van der Waals surface area contributed by atoms with Crippen molar-refractivity contribution in [2.45, 2.75) is 39.2 Å². The highest BCUT2D eigenvalue weighted by molar-refractivity contribution is 5.78. The van der Waals surface area contributed by atoms with Gasteiger partial charge in [-0.2, -0.15) is 0 Å². The Morgan fingerprint density at radius 3 is 3.00 bits per heavy atom. The first-order valence-corrected chi connectivity index (χ1v) is 6.43. The van der Waals surface area contributed by atoms with Crippen molar-refractivity contribution in [2.75, 3.05) is 11.4 Å². The molecule has 5 heteroatoms. The second-order valence-electron chi connectivity index (χ2n) is 4.82. The third kappa shape index (κ3) is 2.44. The maximum absolute atomic E-state index is 11.4. The number of carboxylic acids is 1. The first-order chi connectivity index (χ1) is 8.63. The lowest BCUT2D eigenvalue weighted by Crippen LogP contribution is -2.49. The Morgan fingerprint density at radius 2 is 2.33 bits per heavy atom. The summed E-state index contributed by atoms with van der Waals surface area (Å²) in [6.45, 7) is 4.77. The summed E-state index contributed by atoms with van der Waals surface area (Å²) in [6, 6.07) is 1.42. The first kappa shape index (κ1) is 12.8. The standard InChI is InChI=1S/C13H19N3O2/c1-3-10-7-11(15-8-14-10)16-6-4-5-9(2)12(16)13(17)18/h7-9,12H,3-6H2,1-2H3,(H,17,18). The van der Waals surface area contributed by atoms with Gasteiger partial charge in [0.1, 0.15) is 18.2 Å². The van der Waals surface area contributed by atoms with Crippen LogP contribution in [0.2, 0.25) is 0 Å². The fraction of sp³-hybridized carbons (Fsp3) is 0.615. The van der Waals surface area contributed by atoms with Crippen molar-refractivity contribution in [3.8, 4) is 0 Å². The van der Waals surface area contributed by atoms with E-state index in [9.17, 15) is 9.90 Å². The number of rotatable bonds is 3. The number of carboxylic acid groups (broad SMARTS) is 1. The number of piperidine rings is 1. The lowest BCUT2D eigenvalue weighted by Gasteiger charge is -2.38. The predicted octanol–water partition coefficient (Wildman–Crippen LogP) is 1.73. The summed E-state index contributed by atoms with van der Waals surface area (Å²) >= 11 is 0. The molecule has 0 aromatic carbocycles. The number of nitrogens with zero attached hydrogens (tertiary/aromatic N) is 3.